The van der Waals surface area contributed by atoms with Gasteiger partial charge < -0.3 is 9.47 Å². The molecule has 0 fully saturated rings. The molecule has 0 unspecified atom stereocenters. The summed E-state index contributed by atoms with van der Waals surface area (Å²) < 4.78 is 11.7. The lowest BCUT2D eigenvalue weighted by Gasteiger charge is -2.07. The average Bonchev–Trinajstić information content (AvgIpc) is 2.74. The van der Waals surface area contributed by atoms with Crippen LogP contribution in [0.1, 0.15) is 21.5 Å². The summed E-state index contributed by atoms with van der Waals surface area (Å²) in [6, 6.07) is 22.7. The predicted molar refractivity (Wildman–Crippen MR) is 113 cm³/mol. The van der Waals surface area contributed by atoms with Crippen LogP contribution in [0.15, 0.2) is 82.4 Å². The smallest absolute Gasteiger partial charge is 0.275 e. The van der Waals surface area contributed by atoms with E-state index in [1.807, 2.05) is 54.6 Å². The Morgan fingerprint density at radius 1 is 1.07 bits per heavy atom. The molecule has 3 aromatic carbocycles. The Balaban J connectivity index is 1.56. The summed E-state index contributed by atoms with van der Waals surface area (Å²) in [6.45, 7) is 0.513. The van der Waals surface area contributed by atoms with Crippen LogP contribution in [-0.2, 0) is 6.61 Å². The molecule has 142 valence electrons. The number of carbonyl (C=O) groups is 1. The van der Waals surface area contributed by atoms with Crippen LogP contribution in [0, 0.1) is 0 Å². The second-order valence-electron chi connectivity index (χ2n) is 5.89. The first-order valence-electron chi connectivity index (χ1n) is 8.59. The molecule has 3 aromatic rings. The van der Waals surface area contributed by atoms with Crippen LogP contribution >= 0.6 is 15.9 Å². The Morgan fingerprint density at radius 2 is 1.82 bits per heavy atom. The zero-order valence-corrected chi connectivity index (χ0v) is 16.8. The molecule has 0 heterocycles. The molecule has 3 rings (SSSR count). The number of benzene rings is 3. The van der Waals surface area contributed by atoms with Crippen molar-refractivity contribution in [3.63, 3.8) is 0 Å². The molecular weight excluding hydrogens is 420 g/mol. The molecule has 0 saturated heterocycles. The van der Waals surface area contributed by atoms with E-state index in [1.54, 1.807) is 24.4 Å². The first-order valence-corrected chi connectivity index (χ1v) is 9.39. The summed E-state index contributed by atoms with van der Waals surface area (Å²) in [5.41, 5.74) is 4.86. The number of hydrogen-bond acceptors (Lipinski definition) is 4. The van der Waals surface area contributed by atoms with Crippen molar-refractivity contribution in [2.45, 2.75) is 6.61 Å². The van der Waals surface area contributed by atoms with E-state index >= 15 is 0 Å². The van der Waals surface area contributed by atoms with Crippen LogP contribution < -0.4 is 14.9 Å². The summed E-state index contributed by atoms with van der Waals surface area (Å²) in [5, 5.41) is 4.01. The molecule has 0 aliphatic rings. The van der Waals surface area contributed by atoms with Crippen molar-refractivity contribution in [1.82, 2.24) is 5.43 Å². The van der Waals surface area contributed by atoms with Gasteiger partial charge in [0.2, 0.25) is 0 Å². The average molecular weight is 439 g/mol. The van der Waals surface area contributed by atoms with Crippen molar-refractivity contribution in [2.75, 3.05) is 7.11 Å². The van der Waals surface area contributed by atoms with Gasteiger partial charge in [-0.05, 0) is 53.6 Å². The number of rotatable bonds is 7. The van der Waals surface area contributed by atoms with Crippen molar-refractivity contribution >= 4 is 28.1 Å². The molecule has 6 heteroatoms. The van der Waals surface area contributed by atoms with E-state index in [2.05, 4.69) is 26.5 Å². The molecule has 0 aliphatic heterocycles. The summed E-state index contributed by atoms with van der Waals surface area (Å²) in [5.74, 6) is 0.900. The maximum absolute atomic E-state index is 12.3. The van der Waals surface area contributed by atoms with Crippen LogP contribution in [0.3, 0.4) is 0 Å². The number of methoxy groups -OCH3 is 1. The molecule has 0 bridgehead atoms. The highest BCUT2D eigenvalue weighted by Gasteiger charge is 2.11. The topological polar surface area (TPSA) is 59.9 Å². The largest absolute Gasteiger partial charge is 0.496 e. The fourth-order valence-corrected chi connectivity index (χ4v) is 2.84. The van der Waals surface area contributed by atoms with E-state index in [0.717, 1.165) is 21.3 Å². The Bertz CT molecular complexity index is 957. The molecule has 0 aliphatic carbocycles. The highest BCUT2D eigenvalue weighted by molar-refractivity contribution is 9.10. The SMILES string of the molecule is COc1ccc(Br)cc1C(=O)N/N=C\c1ccc(OCc2ccccc2)cc1. The zero-order chi connectivity index (χ0) is 19.8. The molecule has 0 saturated carbocycles. The van der Waals surface area contributed by atoms with Crippen molar-refractivity contribution in [1.29, 1.82) is 0 Å². The number of hydrazone groups is 1. The Labute approximate surface area is 172 Å². The fourth-order valence-electron chi connectivity index (χ4n) is 2.47. The maximum atomic E-state index is 12.3. The van der Waals surface area contributed by atoms with Crippen LogP contribution in [0.2, 0.25) is 0 Å². The number of nitrogens with one attached hydrogen (secondary N) is 1. The van der Waals surface area contributed by atoms with Gasteiger partial charge in [-0.3, -0.25) is 4.79 Å². The molecule has 0 aromatic heterocycles. The Morgan fingerprint density at radius 3 is 2.54 bits per heavy atom. The second kappa shape index (κ2) is 9.71. The van der Waals surface area contributed by atoms with Gasteiger partial charge in [0.05, 0.1) is 18.9 Å². The summed E-state index contributed by atoms with van der Waals surface area (Å²) in [6.07, 6.45) is 1.57. The highest BCUT2D eigenvalue weighted by atomic mass is 79.9. The van der Waals surface area contributed by atoms with Crippen molar-refractivity contribution in [3.05, 3.63) is 94.0 Å². The van der Waals surface area contributed by atoms with Gasteiger partial charge in [-0.25, -0.2) is 5.43 Å². The summed E-state index contributed by atoms with van der Waals surface area (Å²) in [4.78, 5) is 12.3. The summed E-state index contributed by atoms with van der Waals surface area (Å²) >= 11 is 3.35. The quantitative estimate of drug-likeness (QED) is 0.425. The first kappa shape index (κ1) is 19.6. The van der Waals surface area contributed by atoms with E-state index in [1.165, 1.54) is 7.11 Å². The van der Waals surface area contributed by atoms with Gasteiger partial charge in [0.15, 0.2) is 0 Å². The zero-order valence-electron chi connectivity index (χ0n) is 15.3. The Kier molecular flexibility index (Phi) is 6.81. The van der Waals surface area contributed by atoms with Crippen molar-refractivity contribution in [3.8, 4) is 11.5 Å². The van der Waals surface area contributed by atoms with Gasteiger partial charge in [-0.2, -0.15) is 5.10 Å². The second-order valence-corrected chi connectivity index (χ2v) is 6.80. The van der Waals surface area contributed by atoms with E-state index in [0.29, 0.717) is 17.9 Å². The normalized spacial score (nSPS) is 10.6. The monoisotopic (exact) mass is 438 g/mol. The van der Waals surface area contributed by atoms with Gasteiger partial charge in [0.1, 0.15) is 18.1 Å². The van der Waals surface area contributed by atoms with Crippen molar-refractivity contribution in [2.24, 2.45) is 5.10 Å². The molecule has 1 amide bonds. The third kappa shape index (κ3) is 5.44. The number of ether oxygens (including phenoxy) is 2. The third-order valence-electron chi connectivity index (χ3n) is 3.91. The molecule has 0 atom stereocenters. The van der Waals surface area contributed by atoms with Gasteiger partial charge in [-0.1, -0.05) is 46.3 Å². The third-order valence-corrected chi connectivity index (χ3v) is 4.41. The molecular formula is C22H19BrN2O3. The summed E-state index contributed by atoms with van der Waals surface area (Å²) in [7, 11) is 1.52. The van der Waals surface area contributed by atoms with Gasteiger partial charge in [0.25, 0.3) is 5.91 Å². The van der Waals surface area contributed by atoms with Crippen LogP contribution in [0.4, 0.5) is 0 Å². The minimum atomic E-state index is -0.350. The van der Waals surface area contributed by atoms with Crippen molar-refractivity contribution < 1.29 is 14.3 Å². The van der Waals surface area contributed by atoms with Gasteiger partial charge in [0, 0.05) is 4.47 Å². The molecule has 5 nitrogen and oxygen atoms in total. The molecule has 28 heavy (non-hydrogen) atoms. The first-order chi connectivity index (χ1) is 13.7. The minimum Gasteiger partial charge on any atom is -0.496 e. The van der Waals surface area contributed by atoms with E-state index in [-0.39, 0.29) is 5.91 Å². The maximum Gasteiger partial charge on any atom is 0.275 e. The minimum absolute atomic E-state index is 0.350. The molecule has 0 radical (unpaired) electrons. The van der Waals surface area contributed by atoms with Crippen LogP contribution in [0.5, 0.6) is 11.5 Å². The van der Waals surface area contributed by atoms with Gasteiger partial charge in [-0.15, -0.1) is 0 Å². The van der Waals surface area contributed by atoms with E-state index < -0.39 is 0 Å². The molecule has 1 N–H and O–H groups in total. The van der Waals surface area contributed by atoms with E-state index in [4.69, 9.17) is 9.47 Å². The molecule has 0 spiro atoms. The lowest BCUT2D eigenvalue weighted by molar-refractivity contribution is 0.0952. The number of hydrogen-bond donors (Lipinski definition) is 1. The Hall–Kier alpha value is -3.12. The number of amides is 1. The predicted octanol–water partition coefficient (Wildman–Crippen LogP) is 4.80. The van der Waals surface area contributed by atoms with Gasteiger partial charge >= 0.3 is 0 Å². The lowest BCUT2D eigenvalue weighted by Crippen LogP contribution is -2.18. The number of halogens is 1. The van der Waals surface area contributed by atoms with E-state index in [9.17, 15) is 4.79 Å². The standard InChI is InChI=1S/C22H19BrN2O3/c1-27-21-12-9-18(23)13-20(21)22(26)25-24-14-16-7-10-19(11-8-16)28-15-17-5-3-2-4-6-17/h2-14H,15H2,1H3,(H,25,26)/b24-14-. The highest BCUT2D eigenvalue weighted by Crippen LogP contribution is 2.22. The fraction of sp³-hybridized carbons (Fsp3) is 0.0909. The number of nitrogens with zero attached hydrogens (tertiary/aromatic N) is 1. The van der Waals surface area contributed by atoms with Crippen LogP contribution in [0.25, 0.3) is 0 Å². The number of carbonyl (C=O) groups excluding carboxylic acids is 1. The van der Waals surface area contributed by atoms with Crippen LogP contribution in [-0.4, -0.2) is 19.2 Å². The lowest BCUT2D eigenvalue weighted by atomic mass is 10.2.